The molecule has 3 unspecified atom stereocenters. The fraction of sp³-hybridized carbons (Fsp3) is 0.846. The van der Waals surface area contributed by atoms with E-state index in [0.717, 1.165) is 0 Å². The van der Waals surface area contributed by atoms with Crippen molar-refractivity contribution in [1.82, 2.24) is 10.2 Å². The molecule has 0 radical (unpaired) electrons. The minimum atomic E-state index is -0.466. The maximum atomic E-state index is 12.3. The molecular formula is C13H22N2O4. The fourth-order valence-corrected chi connectivity index (χ4v) is 2.62. The van der Waals surface area contributed by atoms with Crippen LogP contribution in [0.2, 0.25) is 0 Å². The third-order valence-electron chi connectivity index (χ3n) is 3.53. The SMILES string of the molecule is CC1NC(=O)C(C(C)C)N(CC2COCCO2)C1=O. The Kier molecular flexibility index (Phi) is 4.42. The molecule has 2 amide bonds. The quantitative estimate of drug-likeness (QED) is 0.769. The molecule has 0 aromatic rings. The van der Waals surface area contributed by atoms with E-state index in [4.69, 9.17) is 9.47 Å². The predicted molar refractivity (Wildman–Crippen MR) is 68.5 cm³/mol. The average molecular weight is 270 g/mol. The lowest BCUT2D eigenvalue weighted by Crippen LogP contribution is -2.65. The number of carbonyl (C=O) groups is 2. The fourth-order valence-electron chi connectivity index (χ4n) is 2.62. The molecule has 0 spiro atoms. The summed E-state index contributed by atoms with van der Waals surface area (Å²) in [5, 5.41) is 2.73. The first-order valence-electron chi connectivity index (χ1n) is 6.81. The van der Waals surface area contributed by atoms with E-state index in [0.29, 0.717) is 26.4 Å². The molecule has 2 saturated heterocycles. The molecule has 6 heteroatoms. The summed E-state index contributed by atoms with van der Waals surface area (Å²) in [6.45, 7) is 7.62. The molecule has 0 aromatic carbocycles. The van der Waals surface area contributed by atoms with Crippen LogP contribution >= 0.6 is 0 Å². The van der Waals surface area contributed by atoms with Crippen molar-refractivity contribution in [3.63, 3.8) is 0 Å². The van der Waals surface area contributed by atoms with Crippen molar-refractivity contribution in [2.24, 2.45) is 5.92 Å². The molecule has 2 aliphatic rings. The summed E-state index contributed by atoms with van der Waals surface area (Å²) >= 11 is 0. The molecule has 0 saturated carbocycles. The molecule has 1 N–H and O–H groups in total. The lowest BCUT2D eigenvalue weighted by molar-refractivity contribution is -0.157. The summed E-state index contributed by atoms with van der Waals surface area (Å²) < 4.78 is 10.9. The highest BCUT2D eigenvalue weighted by Gasteiger charge is 2.41. The van der Waals surface area contributed by atoms with Crippen molar-refractivity contribution in [2.75, 3.05) is 26.4 Å². The van der Waals surface area contributed by atoms with Crippen molar-refractivity contribution in [3.8, 4) is 0 Å². The van der Waals surface area contributed by atoms with Crippen LogP contribution in [0, 0.1) is 5.92 Å². The monoisotopic (exact) mass is 270 g/mol. The van der Waals surface area contributed by atoms with Gasteiger partial charge in [-0.15, -0.1) is 0 Å². The molecule has 2 rings (SSSR count). The number of hydrogen-bond acceptors (Lipinski definition) is 4. The third kappa shape index (κ3) is 3.06. The van der Waals surface area contributed by atoms with Gasteiger partial charge in [-0.25, -0.2) is 0 Å². The van der Waals surface area contributed by atoms with Gasteiger partial charge in [-0.1, -0.05) is 13.8 Å². The van der Waals surface area contributed by atoms with E-state index in [1.165, 1.54) is 0 Å². The normalized spacial score (nSPS) is 32.6. The smallest absolute Gasteiger partial charge is 0.245 e. The topological polar surface area (TPSA) is 67.9 Å². The molecule has 2 aliphatic heterocycles. The molecule has 0 aromatic heterocycles. The number of nitrogens with one attached hydrogen (secondary N) is 1. The van der Waals surface area contributed by atoms with Crippen LogP contribution in [0.3, 0.4) is 0 Å². The highest BCUT2D eigenvalue weighted by atomic mass is 16.6. The number of nitrogens with zero attached hydrogens (tertiary/aromatic N) is 1. The van der Waals surface area contributed by atoms with E-state index < -0.39 is 12.1 Å². The van der Waals surface area contributed by atoms with Crippen LogP contribution in [0.15, 0.2) is 0 Å². The summed E-state index contributed by atoms with van der Waals surface area (Å²) in [5.74, 6) is -0.0627. The first-order valence-corrected chi connectivity index (χ1v) is 6.81. The van der Waals surface area contributed by atoms with Crippen LogP contribution < -0.4 is 5.32 Å². The van der Waals surface area contributed by atoms with Crippen LogP contribution in [0.25, 0.3) is 0 Å². The Morgan fingerprint density at radius 1 is 1.37 bits per heavy atom. The zero-order chi connectivity index (χ0) is 14.0. The van der Waals surface area contributed by atoms with Crippen molar-refractivity contribution in [2.45, 2.75) is 39.0 Å². The Bertz CT molecular complexity index is 353. The van der Waals surface area contributed by atoms with Crippen LogP contribution in [0.5, 0.6) is 0 Å². The van der Waals surface area contributed by atoms with Gasteiger partial charge in [0.15, 0.2) is 0 Å². The van der Waals surface area contributed by atoms with Gasteiger partial charge in [-0.2, -0.15) is 0 Å². The van der Waals surface area contributed by atoms with Crippen LogP contribution in [-0.2, 0) is 19.1 Å². The second-order valence-electron chi connectivity index (χ2n) is 5.48. The summed E-state index contributed by atoms with van der Waals surface area (Å²) in [6.07, 6.45) is -0.142. The van der Waals surface area contributed by atoms with Crippen molar-refractivity contribution >= 4 is 11.8 Å². The molecule has 108 valence electrons. The van der Waals surface area contributed by atoms with E-state index >= 15 is 0 Å². The minimum absolute atomic E-state index is 0.0486. The van der Waals surface area contributed by atoms with Crippen LogP contribution in [0.1, 0.15) is 20.8 Å². The number of ether oxygens (including phenoxy) is 2. The zero-order valence-corrected chi connectivity index (χ0v) is 11.7. The molecule has 3 atom stereocenters. The molecule has 19 heavy (non-hydrogen) atoms. The minimum Gasteiger partial charge on any atom is -0.376 e. The summed E-state index contributed by atoms with van der Waals surface area (Å²) in [7, 11) is 0. The number of hydrogen-bond donors (Lipinski definition) is 1. The molecule has 2 fully saturated rings. The Morgan fingerprint density at radius 2 is 2.11 bits per heavy atom. The van der Waals surface area contributed by atoms with Crippen molar-refractivity contribution < 1.29 is 19.1 Å². The van der Waals surface area contributed by atoms with Gasteiger partial charge in [0.2, 0.25) is 11.8 Å². The Labute approximate surface area is 113 Å². The lowest BCUT2D eigenvalue weighted by Gasteiger charge is -2.41. The average Bonchev–Trinajstić information content (AvgIpc) is 2.36. The number of piperazine rings is 1. The summed E-state index contributed by atoms with van der Waals surface area (Å²) in [5.41, 5.74) is 0. The standard InChI is InChI=1S/C13H22N2O4/c1-8(2)11-12(16)14-9(3)13(17)15(11)6-10-7-18-4-5-19-10/h8-11H,4-7H2,1-3H3,(H,14,16). The van der Waals surface area contributed by atoms with E-state index in [-0.39, 0.29) is 23.8 Å². The van der Waals surface area contributed by atoms with Gasteiger partial charge in [0.05, 0.1) is 32.5 Å². The van der Waals surface area contributed by atoms with Gasteiger partial charge < -0.3 is 19.7 Å². The molecule has 0 bridgehead atoms. The maximum absolute atomic E-state index is 12.3. The number of rotatable bonds is 3. The van der Waals surface area contributed by atoms with Crippen LogP contribution in [0.4, 0.5) is 0 Å². The van der Waals surface area contributed by atoms with Gasteiger partial charge in [0.1, 0.15) is 12.1 Å². The largest absolute Gasteiger partial charge is 0.376 e. The summed E-state index contributed by atoms with van der Waals surface area (Å²) in [4.78, 5) is 26.0. The van der Waals surface area contributed by atoms with Gasteiger partial charge in [-0.05, 0) is 12.8 Å². The van der Waals surface area contributed by atoms with Gasteiger partial charge in [0, 0.05) is 0 Å². The maximum Gasteiger partial charge on any atom is 0.245 e. The number of carbonyl (C=O) groups excluding carboxylic acids is 2. The third-order valence-corrected chi connectivity index (χ3v) is 3.53. The second kappa shape index (κ2) is 5.88. The predicted octanol–water partition coefficient (Wildman–Crippen LogP) is -0.227. The van der Waals surface area contributed by atoms with Gasteiger partial charge >= 0.3 is 0 Å². The zero-order valence-electron chi connectivity index (χ0n) is 11.7. The summed E-state index contributed by atoms with van der Waals surface area (Å²) in [6, 6.07) is -0.888. The van der Waals surface area contributed by atoms with E-state index in [2.05, 4.69) is 5.32 Å². The van der Waals surface area contributed by atoms with Crippen molar-refractivity contribution in [1.29, 1.82) is 0 Å². The Hall–Kier alpha value is -1.14. The van der Waals surface area contributed by atoms with E-state index in [1.807, 2.05) is 13.8 Å². The highest BCUT2D eigenvalue weighted by molar-refractivity contribution is 5.96. The first-order chi connectivity index (χ1) is 9.00. The number of amides is 2. The van der Waals surface area contributed by atoms with Gasteiger partial charge in [-0.3, -0.25) is 9.59 Å². The highest BCUT2D eigenvalue weighted by Crippen LogP contribution is 2.19. The Morgan fingerprint density at radius 3 is 2.68 bits per heavy atom. The van der Waals surface area contributed by atoms with Crippen molar-refractivity contribution in [3.05, 3.63) is 0 Å². The molecule has 2 heterocycles. The molecular weight excluding hydrogens is 248 g/mol. The Balaban J connectivity index is 2.11. The van der Waals surface area contributed by atoms with E-state index in [1.54, 1.807) is 11.8 Å². The van der Waals surface area contributed by atoms with Crippen LogP contribution in [-0.4, -0.2) is 61.3 Å². The first kappa shape index (κ1) is 14.3. The van der Waals surface area contributed by atoms with E-state index in [9.17, 15) is 9.59 Å². The molecule has 0 aliphatic carbocycles. The lowest BCUT2D eigenvalue weighted by atomic mass is 9.97. The van der Waals surface area contributed by atoms with Gasteiger partial charge in [0.25, 0.3) is 0 Å². The molecule has 6 nitrogen and oxygen atoms in total. The second-order valence-corrected chi connectivity index (χ2v) is 5.48.